The second-order valence-corrected chi connectivity index (χ2v) is 4.30. The van der Waals surface area contributed by atoms with Gasteiger partial charge in [0.25, 0.3) is 5.56 Å². The number of nitrogens with two attached hydrogens (primary N) is 1. The highest BCUT2D eigenvalue weighted by molar-refractivity contribution is 5.86. The summed E-state index contributed by atoms with van der Waals surface area (Å²) in [6.07, 6.45) is 0. The van der Waals surface area contributed by atoms with Gasteiger partial charge in [-0.15, -0.1) is 0 Å². The molecule has 1 aromatic heterocycles. The second-order valence-electron chi connectivity index (χ2n) is 4.30. The monoisotopic (exact) mass is 265 g/mol. The van der Waals surface area contributed by atoms with Crippen LogP contribution in [0, 0.1) is 0 Å². The van der Waals surface area contributed by atoms with E-state index in [0.717, 1.165) is 4.57 Å². The van der Waals surface area contributed by atoms with Crippen LogP contribution in [0.2, 0.25) is 0 Å². The molecule has 2 aromatic carbocycles. The predicted molar refractivity (Wildman–Crippen MR) is 76.4 cm³/mol. The normalized spacial score (nSPS) is 10.6. The van der Waals surface area contributed by atoms with Crippen LogP contribution in [0.5, 0.6) is 0 Å². The molecule has 0 atom stereocenters. The van der Waals surface area contributed by atoms with E-state index in [1.165, 1.54) is 0 Å². The lowest BCUT2D eigenvalue weighted by Gasteiger charge is -2.10. The molecular formula is C15H11N3O2. The zero-order valence-electron chi connectivity index (χ0n) is 10.5. The van der Waals surface area contributed by atoms with E-state index in [2.05, 4.69) is 4.98 Å². The summed E-state index contributed by atoms with van der Waals surface area (Å²) in [5, 5.41) is 0.367. The van der Waals surface area contributed by atoms with Crippen molar-refractivity contribution in [2.75, 3.05) is 0 Å². The maximum absolute atomic E-state index is 12.4. The van der Waals surface area contributed by atoms with E-state index >= 15 is 0 Å². The first kappa shape index (κ1) is 12.1. The number of primary amides is 1. The van der Waals surface area contributed by atoms with Gasteiger partial charge in [0.1, 0.15) is 0 Å². The standard InChI is InChI=1S/C15H11N3O2/c16-15(20)18-13(10-6-2-1-3-7-10)17-12-9-5-4-8-11(12)14(18)19/h1-9H,(H2,16,20). The third-order valence-electron chi connectivity index (χ3n) is 3.03. The minimum absolute atomic E-state index is 0.252. The van der Waals surface area contributed by atoms with Crippen LogP contribution in [-0.4, -0.2) is 15.6 Å². The van der Waals surface area contributed by atoms with Crippen LogP contribution in [0.25, 0.3) is 22.3 Å². The number of aromatic nitrogens is 2. The van der Waals surface area contributed by atoms with Gasteiger partial charge >= 0.3 is 6.03 Å². The van der Waals surface area contributed by atoms with E-state index < -0.39 is 11.6 Å². The zero-order valence-corrected chi connectivity index (χ0v) is 10.5. The van der Waals surface area contributed by atoms with E-state index in [1.807, 2.05) is 18.2 Å². The lowest BCUT2D eigenvalue weighted by Crippen LogP contribution is -2.33. The molecule has 0 aliphatic heterocycles. The molecule has 3 rings (SSSR count). The van der Waals surface area contributed by atoms with Gasteiger partial charge in [-0.2, -0.15) is 0 Å². The van der Waals surface area contributed by atoms with Crippen LogP contribution in [0.1, 0.15) is 0 Å². The third kappa shape index (κ3) is 1.85. The van der Waals surface area contributed by atoms with Gasteiger partial charge in [0.05, 0.1) is 10.9 Å². The summed E-state index contributed by atoms with van der Waals surface area (Å²) in [6, 6.07) is 15.0. The van der Waals surface area contributed by atoms with Crippen LogP contribution in [-0.2, 0) is 0 Å². The molecule has 0 aliphatic rings. The number of nitrogens with zero attached hydrogens (tertiary/aromatic N) is 2. The smallest absolute Gasteiger partial charge is 0.327 e. The number of benzene rings is 2. The Balaban J connectivity index is 2.45. The summed E-state index contributed by atoms with van der Waals surface area (Å²) in [5.41, 5.74) is 6.07. The quantitative estimate of drug-likeness (QED) is 0.730. The molecule has 0 aliphatic carbocycles. The molecule has 0 radical (unpaired) electrons. The molecule has 2 N–H and O–H groups in total. The molecule has 0 saturated carbocycles. The molecule has 0 spiro atoms. The van der Waals surface area contributed by atoms with Crippen LogP contribution in [0.3, 0.4) is 0 Å². The van der Waals surface area contributed by atoms with Crippen LogP contribution in [0.15, 0.2) is 59.4 Å². The third-order valence-corrected chi connectivity index (χ3v) is 3.03. The Bertz CT molecular complexity index is 854. The lowest BCUT2D eigenvalue weighted by atomic mass is 10.2. The van der Waals surface area contributed by atoms with Crippen molar-refractivity contribution in [2.24, 2.45) is 5.73 Å². The van der Waals surface area contributed by atoms with Gasteiger partial charge in [0.15, 0.2) is 5.82 Å². The van der Waals surface area contributed by atoms with E-state index in [-0.39, 0.29) is 5.82 Å². The number of hydrogen-bond acceptors (Lipinski definition) is 3. The van der Waals surface area contributed by atoms with Crippen LogP contribution in [0.4, 0.5) is 4.79 Å². The highest BCUT2D eigenvalue weighted by atomic mass is 16.2. The summed E-state index contributed by atoms with van der Waals surface area (Å²) >= 11 is 0. The van der Waals surface area contributed by atoms with Crippen molar-refractivity contribution in [2.45, 2.75) is 0 Å². The van der Waals surface area contributed by atoms with Gasteiger partial charge < -0.3 is 5.73 Å². The fourth-order valence-corrected chi connectivity index (χ4v) is 2.12. The number of hydrogen-bond donors (Lipinski definition) is 1. The summed E-state index contributed by atoms with van der Waals surface area (Å²) in [4.78, 5) is 28.4. The van der Waals surface area contributed by atoms with Gasteiger partial charge in [-0.25, -0.2) is 14.3 Å². The summed E-state index contributed by atoms with van der Waals surface area (Å²) in [7, 11) is 0. The van der Waals surface area contributed by atoms with E-state index in [9.17, 15) is 9.59 Å². The molecule has 1 amide bonds. The first-order valence-corrected chi connectivity index (χ1v) is 6.05. The maximum Gasteiger partial charge on any atom is 0.327 e. The largest absolute Gasteiger partial charge is 0.351 e. The van der Waals surface area contributed by atoms with Crippen molar-refractivity contribution in [1.29, 1.82) is 0 Å². The van der Waals surface area contributed by atoms with Crippen molar-refractivity contribution >= 4 is 16.9 Å². The fourth-order valence-electron chi connectivity index (χ4n) is 2.12. The van der Waals surface area contributed by atoms with Crippen molar-refractivity contribution < 1.29 is 4.79 Å². The molecule has 0 saturated heterocycles. The summed E-state index contributed by atoms with van der Waals surface area (Å²) in [6.45, 7) is 0. The Morgan fingerprint density at radius 2 is 1.65 bits per heavy atom. The van der Waals surface area contributed by atoms with Crippen molar-refractivity contribution in [1.82, 2.24) is 9.55 Å². The SMILES string of the molecule is NC(=O)n1c(-c2ccccc2)nc2ccccc2c1=O. The Labute approximate surface area is 114 Å². The number of amides is 1. The molecular weight excluding hydrogens is 254 g/mol. The van der Waals surface area contributed by atoms with E-state index in [4.69, 9.17) is 5.73 Å². The number of carbonyl (C=O) groups excluding carboxylic acids is 1. The van der Waals surface area contributed by atoms with Crippen molar-refractivity contribution in [3.05, 3.63) is 65.0 Å². The van der Waals surface area contributed by atoms with Gasteiger partial charge in [0.2, 0.25) is 0 Å². The topological polar surface area (TPSA) is 78.0 Å². The van der Waals surface area contributed by atoms with Crippen molar-refractivity contribution in [3.63, 3.8) is 0 Å². The predicted octanol–water partition coefficient (Wildman–Crippen LogP) is 1.99. The molecule has 0 unspecified atom stereocenters. The molecule has 1 heterocycles. The van der Waals surface area contributed by atoms with Gasteiger partial charge in [-0.3, -0.25) is 4.79 Å². The Morgan fingerprint density at radius 1 is 1.00 bits per heavy atom. The van der Waals surface area contributed by atoms with E-state index in [0.29, 0.717) is 16.5 Å². The van der Waals surface area contributed by atoms with Crippen LogP contribution < -0.4 is 11.3 Å². The van der Waals surface area contributed by atoms with Crippen molar-refractivity contribution in [3.8, 4) is 11.4 Å². The highest BCUT2D eigenvalue weighted by Gasteiger charge is 2.15. The first-order chi connectivity index (χ1) is 9.68. The Hall–Kier alpha value is -2.95. The molecule has 3 aromatic rings. The van der Waals surface area contributed by atoms with Gasteiger partial charge in [-0.1, -0.05) is 42.5 Å². The molecule has 0 fully saturated rings. The Kier molecular flexibility index (Phi) is 2.80. The van der Waals surface area contributed by atoms with Gasteiger partial charge in [-0.05, 0) is 12.1 Å². The Morgan fingerprint density at radius 3 is 2.35 bits per heavy atom. The van der Waals surface area contributed by atoms with E-state index in [1.54, 1.807) is 36.4 Å². The number of fused-ring (bicyclic) bond motifs is 1. The number of carbonyl (C=O) groups is 1. The van der Waals surface area contributed by atoms with Crippen LogP contribution >= 0.6 is 0 Å². The van der Waals surface area contributed by atoms with Gasteiger partial charge in [0, 0.05) is 5.56 Å². The first-order valence-electron chi connectivity index (χ1n) is 6.05. The number of para-hydroxylation sites is 1. The average Bonchev–Trinajstić information content (AvgIpc) is 2.47. The average molecular weight is 265 g/mol. The maximum atomic E-state index is 12.4. The lowest BCUT2D eigenvalue weighted by molar-refractivity contribution is 0.250. The number of rotatable bonds is 1. The molecule has 20 heavy (non-hydrogen) atoms. The molecule has 5 heteroatoms. The summed E-state index contributed by atoms with van der Waals surface area (Å²) < 4.78 is 0.900. The second kappa shape index (κ2) is 4.62. The molecule has 98 valence electrons. The summed E-state index contributed by atoms with van der Waals surface area (Å²) in [5.74, 6) is 0.252. The minimum Gasteiger partial charge on any atom is -0.351 e. The minimum atomic E-state index is -0.841. The molecule has 5 nitrogen and oxygen atoms in total. The fraction of sp³-hybridized carbons (Fsp3) is 0. The molecule has 0 bridgehead atoms. The zero-order chi connectivity index (χ0) is 14.1. The highest BCUT2D eigenvalue weighted by Crippen LogP contribution is 2.18.